The summed E-state index contributed by atoms with van der Waals surface area (Å²) in [6.07, 6.45) is -0.848. The van der Waals surface area contributed by atoms with Crippen molar-refractivity contribution >= 4 is 17.3 Å². The van der Waals surface area contributed by atoms with Crippen LogP contribution in [0.1, 0.15) is 24.2 Å². The molecule has 0 spiro atoms. The van der Waals surface area contributed by atoms with Crippen LogP contribution in [-0.4, -0.2) is 12.2 Å². The van der Waals surface area contributed by atoms with E-state index in [-0.39, 0.29) is 5.82 Å². The highest BCUT2D eigenvalue weighted by Crippen LogP contribution is 2.29. The Morgan fingerprint density at radius 1 is 1.20 bits per heavy atom. The number of aliphatic hydroxyl groups excluding tert-OH is 1. The van der Waals surface area contributed by atoms with Crippen molar-refractivity contribution in [2.24, 2.45) is 0 Å². The van der Waals surface area contributed by atoms with Crippen molar-refractivity contribution < 1.29 is 9.50 Å². The topological polar surface area (TPSA) is 23.5 Å². The zero-order valence-electron chi connectivity index (χ0n) is 11.5. The Labute approximate surface area is 123 Å². The molecule has 20 heavy (non-hydrogen) atoms. The van der Waals surface area contributed by atoms with E-state index in [9.17, 15) is 9.50 Å². The molecule has 0 unspecified atom stereocenters. The Balaban J connectivity index is 2.27. The maximum absolute atomic E-state index is 13.8. The average Bonchev–Trinajstić information content (AvgIpc) is 2.40. The Bertz CT molecular complexity index is 584. The molecule has 0 aliphatic heterocycles. The maximum atomic E-state index is 13.8. The van der Waals surface area contributed by atoms with E-state index < -0.39 is 6.10 Å². The fraction of sp³-hybridized carbons (Fsp3) is 0.250. The minimum absolute atomic E-state index is 0.323. The van der Waals surface area contributed by atoms with E-state index in [1.54, 1.807) is 19.1 Å². The normalized spacial score (nSPS) is 12.2. The highest BCUT2D eigenvalue weighted by Gasteiger charge is 2.16. The van der Waals surface area contributed by atoms with Gasteiger partial charge in [0.05, 0.1) is 6.10 Å². The van der Waals surface area contributed by atoms with Gasteiger partial charge in [-0.15, -0.1) is 0 Å². The fourth-order valence-corrected chi connectivity index (χ4v) is 2.35. The predicted octanol–water partition coefficient (Wildman–Crippen LogP) is 4.17. The Morgan fingerprint density at radius 2 is 1.85 bits per heavy atom. The lowest BCUT2D eigenvalue weighted by Crippen LogP contribution is -2.19. The van der Waals surface area contributed by atoms with Gasteiger partial charge >= 0.3 is 0 Å². The predicted molar refractivity (Wildman–Crippen MR) is 80.6 cm³/mol. The van der Waals surface area contributed by atoms with Gasteiger partial charge in [0.15, 0.2) is 0 Å². The van der Waals surface area contributed by atoms with Crippen molar-refractivity contribution in [1.29, 1.82) is 0 Å². The van der Waals surface area contributed by atoms with E-state index >= 15 is 0 Å². The first-order valence-corrected chi connectivity index (χ1v) is 6.79. The van der Waals surface area contributed by atoms with Crippen molar-refractivity contribution in [1.82, 2.24) is 0 Å². The molecule has 4 heteroatoms. The van der Waals surface area contributed by atoms with Crippen LogP contribution in [-0.2, 0) is 6.54 Å². The van der Waals surface area contributed by atoms with Gasteiger partial charge in [-0.3, -0.25) is 0 Å². The molecule has 1 N–H and O–H groups in total. The summed E-state index contributed by atoms with van der Waals surface area (Å²) < 4.78 is 13.8. The van der Waals surface area contributed by atoms with Crippen LogP contribution in [0, 0.1) is 5.82 Å². The van der Waals surface area contributed by atoms with E-state index in [4.69, 9.17) is 11.6 Å². The van der Waals surface area contributed by atoms with Gasteiger partial charge in [0.25, 0.3) is 0 Å². The minimum atomic E-state index is -0.848. The second-order valence-electron chi connectivity index (χ2n) is 4.83. The van der Waals surface area contributed by atoms with E-state index in [2.05, 4.69) is 0 Å². The van der Waals surface area contributed by atoms with Crippen LogP contribution < -0.4 is 4.90 Å². The summed E-state index contributed by atoms with van der Waals surface area (Å²) in [5, 5.41) is 10.4. The highest BCUT2D eigenvalue weighted by atomic mass is 35.5. The molecule has 0 aromatic heterocycles. The zero-order valence-corrected chi connectivity index (χ0v) is 12.2. The van der Waals surface area contributed by atoms with Gasteiger partial charge in [-0.1, -0.05) is 29.8 Å². The number of hydrogen-bond donors (Lipinski definition) is 1. The summed E-state index contributed by atoms with van der Waals surface area (Å²) in [5.74, 6) is -0.388. The van der Waals surface area contributed by atoms with Gasteiger partial charge in [-0.05, 0) is 36.8 Å². The molecule has 0 aliphatic rings. The molecule has 2 aromatic carbocycles. The van der Waals surface area contributed by atoms with Crippen molar-refractivity contribution in [2.75, 3.05) is 11.9 Å². The van der Waals surface area contributed by atoms with Crippen molar-refractivity contribution in [3.63, 3.8) is 0 Å². The van der Waals surface area contributed by atoms with Gasteiger partial charge in [-0.25, -0.2) is 4.39 Å². The molecule has 0 radical (unpaired) electrons. The molecule has 2 nitrogen and oxygen atoms in total. The first kappa shape index (κ1) is 14.8. The standard InChI is InChI=1S/C16H17ClFNO/c1-11(20)16-14(18)4-3-5-15(16)19(2)10-12-6-8-13(17)9-7-12/h3-9,11,20H,10H2,1-2H3/t11-/m1/s1. The van der Waals surface area contributed by atoms with E-state index in [1.165, 1.54) is 6.07 Å². The van der Waals surface area contributed by atoms with Gasteiger partial charge in [0.2, 0.25) is 0 Å². The maximum Gasteiger partial charge on any atom is 0.131 e. The summed E-state index contributed by atoms with van der Waals surface area (Å²) in [4.78, 5) is 1.91. The largest absolute Gasteiger partial charge is 0.389 e. The van der Waals surface area contributed by atoms with Crippen LogP contribution >= 0.6 is 11.6 Å². The first-order valence-electron chi connectivity index (χ1n) is 6.41. The highest BCUT2D eigenvalue weighted by molar-refractivity contribution is 6.30. The van der Waals surface area contributed by atoms with Crippen LogP contribution in [0.15, 0.2) is 42.5 Å². The first-order chi connectivity index (χ1) is 9.49. The van der Waals surface area contributed by atoms with Crippen molar-refractivity contribution in [3.05, 3.63) is 64.4 Å². The monoisotopic (exact) mass is 293 g/mol. The van der Waals surface area contributed by atoms with Crippen LogP contribution in [0.5, 0.6) is 0 Å². The number of benzene rings is 2. The Kier molecular flexibility index (Phi) is 4.63. The van der Waals surface area contributed by atoms with Crippen LogP contribution in [0.25, 0.3) is 0 Å². The van der Waals surface area contributed by atoms with Gasteiger partial charge < -0.3 is 10.0 Å². The van der Waals surface area contributed by atoms with Crippen molar-refractivity contribution in [3.8, 4) is 0 Å². The third kappa shape index (κ3) is 3.30. The number of nitrogens with zero attached hydrogens (tertiary/aromatic N) is 1. The summed E-state index contributed by atoms with van der Waals surface area (Å²) in [7, 11) is 1.87. The number of aliphatic hydroxyl groups is 1. The smallest absolute Gasteiger partial charge is 0.131 e. The average molecular weight is 294 g/mol. The summed E-state index contributed by atoms with van der Waals surface area (Å²) in [6, 6.07) is 12.3. The number of rotatable bonds is 4. The van der Waals surface area contributed by atoms with Crippen LogP contribution in [0.2, 0.25) is 5.02 Å². The second-order valence-corrected chi connectivity index (χ2v) is 5.27. The molecular formula is C16H17ClFNO. The lowest BCUT2D eigenvalue weighted by atomic mass is 10.1. The van der Waals surface area contributed by atoms with Gasteiger partial charge in [-0.2, -0.15) is 0 Å². The molecular weight excluding hydrogens is 277 g/mol. The van der Waals surface area contributed by atoms with E-state index in [0.717, 1.165) is 5.56 Å². The lowest BCUT2D eigenvalue weighted by molar-refractivity contribution is 0.194. The molecule has 0 amide bonds. The molecule has 106 valence electrons. The van der Waals surface area contributed by atoms with Crippen molar-refractivity contribution in [2.45, 2.75) is 19.6 Å². The van der Waals surface area contributed by atoms with E-state index in [1.807, 2.05) is 36.2 Å². The minimum Gasteiger partial charge on any atom is -0.389 e. The molecule has 0 fully saturated rings. The molecule has 1 atom stereocenters. The Morgan fingerprint density at radius 3 is 2.45 bits per heavy atom. The third-order valence-electron chi connectivity index (χ3n) is 3.19. The summed E-state index contributed by atoms with van der Waals surface area (Å²) >= 11 is 5.86. The molecule has 2 rings (SSSR count). The lowest BCUT2D eigenvalue weighted by Gasteiger charge is -2.24. The molecule has 0 aliphatic carbocycles. The fourth-order valence-electron chi connectivity index (χ4n) is 2.22. The second kappa shape index (κ2) is 6.25. The number of hydrogen-bond acceptors (Lipinski definition) is 2. The number of anilines is 1. The summed E-state index contributed by atoms with van der Waals surface area (Å²) in [6.45, 7) is 2.18. The number of halogens is 2. The van der Waals surface area contributed by atoms with Crippen LogP contribution in [0.3, 0.4) is 0 Å². The SMILES string of the molecule is C[C@@H](O)c1c(F)cccc1N(C)Cc1ccc(Cl)cc1. The summed E-state index contributed by atoms with van der Waals surface area (Å²) in [5.41, 5.74) is 2.08. The van der Waals surface area contributed by atoms with Gasteiger partial charge in [0.1, 0.15) is 5.82 Å². The molecule has 0 saturated heterocycles. The molecule has 0 saturated carbocycles. The third-order valence-corrected chi connectivity index (χ3v) is 3.44. The molecule has 0 bridgehead atoms. The quantitative estimate of drug-likeness (QED) is 0.914. The molecule has 2 aromatic rings. The van der Waals surface area contributed by atoms with Gasteiger partial charge in [0, 0.05) is 29.9 Å². The van der Waals surface area contributed by atoms with E-state index in [0.29, 0.717) is 22.8 Å². The Hall–Kier alpha value is -1.58. The zero-order chi connectivity index (χ0) is 14.7. The van der Waals surface area contributed by atoms with Crippen LogP contribution in [0.4, 0.5) is 10.1 Å². The molecule has 0 heterocycles.